The Kier molecular flexibility index (Phi) is 4.84. The zero-order valence-electron chi connectivity index (χ0n) is 11.7. The molecule has 0 spiro atoms. The molecule has 0 bridgehead atoms. The van der Waals surface area contributed by atoms with E-state index < -0.39 is 4.92 Å². The van der Waals surface area contributed by atoms with Gasteiger partial charge in [0.05, 0.1) is 11.0 Å². The smallest absolute Gasteiger partial charge is 0.290 e. The number of benzene rings is 1. The van der Waals surface area contributed by atoms with Gasteiger partial charge in [-0.1, -0.05) is 30.3 Å². The summed E-state index contributed by atoms with van der Waals surface area (Å²) in [6.07, 6.45) is 1.78. The largest absolute Gasteiger partial charge is 0.396 e. The predicted octanol–water partition coefficient (Wildman–Crippen LogP) is 2.83. The topological polar surface area (TPSA) is 88.3 Å². The van der Waals surface area contributed by atoms with Crippen molar-refractivity contribution in [2.45, 2.75) is 19.4 Å². The van der Waals surface area contributed by atoms with E-state index in [0.29, 0.717) is 17.8 Å². The van der Waals surface area contributed by atoms with Crippen molar-refractivity contribution in [2.24, 2.45) is 0 Å². The van der Waals surface area contributed by atoms with Gasteiger partial charge in [-0.15, -0.1) is 0 Å². The van der Waals surface area contributed by atoms with Crippen LogP contribution in [0.5, 0.6) is 0 Å². The van der Waals surface area contributed by atoms with E-state index in [1.807, 2.05) is 30.3 Å². The highest BCUT2D eigenvalue weighted by Gasteiger charge is 2.15. The molecule has 0 unspecified atom stereocenters. The zero-order chi connectivity index (χ0) is 15.2. The third-order valence-electron chi connectivity index (χ3n) is 3.22. The number of aliphatic hydroxyl groups excluding tert-OH is 1. The summed E-state index contributed by atoms with van der Waals surface area (Å²) in [7, 11) is 0. The van der Waals surface area contributed by atoms with Crippen LogP contribution in [-0.4, -0.2) is 21.6 Å². The average molecular weight is 287 g/mol. The zero-order valence-corrected chi connectivity index (χ0v) is 11.7. The molecule has 1 heterocycles. The van der Waals surface area contributed by atoms with Crippen LogP contribution in [0.1, 0.15) is 23.6 Å². The van der Waals surface area contributed by atoms with E-state index in [-0.39, 0.29) is 18.3 Å². The molecule has 2 N–H and O–H groups in total. The third-order valence-corrected chi connectivity index (χ3v) is 3.22. The van der Waals surface area contributed by atoms with Gasteiger partial charge in [-0.25, -0.2) is 4.98 Å². The van der Waals surface area contributed by atoms with Crippen molar-refractivity contribution < 1.29 is 10.0 Å². The fourth-order valence-electron chi connectivity index (χ4n) is 2.13. The first-order chi connectivity index (χ1) is 10.1. The van der Waals surface area contributed by atoms with E-state index in [9.17, 15) is 15.2 Å². The van der Waals surface area contributed by atoms with Crippen LogP contribution in [0.2, 0.25) is 0 Å². The van der Waals surface area contributed by atoms with Gasteiger partial charge in [-0.2, -0.15) is 0 Å². The van der Waals surface area contributed by atoms with Crippen LogP contribution in [0.15, 0.2) is 42.6 Å². The van der Waals surface area contributed by atoms with Crippen molar-refractivity contribution in [3.63, 3.8) is 0 Å². The number of hydrogen-bond donors (Lipinski definition) is 2. The first-order valence-corrected chi connectivity index (χ1v) is 6.65. The predicted molar refractivity (Wildman–Crippen MR) is 80.1 cm³/mol. The quantitative estimate of drug-likeness (QED) is 0.630. The van der Waals surface area contributed by atoms with Gasteiger partial charge >= 0.3 is 0 Å². The summed E-state index contributed by atoms with van der Waals surface area (Å²) in [5, 5.41) is 23.2. The second-order valence-electron chi connectivity index (χ2n) is 4.73. The molecule has 6 heteroatoms. The first-order valence-electron chi connectivity index (χ1n) is 6.65. The van der Waals surface area contributed by atoms with E-state index in [4.69, 9.17) is 0 Å². The monoisotopic (exact) mass is 287 g/mol. The fraction of sp³-hybridized carbons (Fsp3) is 0.267. The lowest BCUT2D eigenvalue weighted by molar-refractivity contribution is -0.385. The molecule has 1 aromatic heterocycles. The molecule has 0 aliphatic rings. The molecule has 0 radical (unpaired) electrons. The molecule has 0 saturated heterocycles. The minimum Gasteiger partial charge on any atom is -0.396 e. The summed E-state index contributed by atoms with van der Waals surface area (Å²) in [5.74, 6) is 0.556. The molecule has 6 nitrogen and oxygen atoms in total. The number of nitrogens with one attached hydrogen (secondary N) is 1. The van der Waals surface area contributed by atoms with Gasteiger partial charge in [0, 0.05) is 12.2 Å². The highest BCUT2D eigenvalue weighted by molar-refractivity contribution is 5.48. The maximum atomic E-state index is 10.8. The van der Waals surface area contributed by atoms with Crippen LogP contribution in [0, 0.1) is 17.0 Å². The van der Waals surface area contributed by atoms with Crippen LogP contribution < -0.4 is 5.32 Å². The van der Waals surface area contributed by atoms with Gasteiger partial charge in [0.25, 0.3) is 5.69 Å². The number of pyridine rings is 1. The normalized spacial score (nSPS) is 11.9. The van der Waals surface area contributed by atoms with E-state index in [2.05, 4.69) is 10.3 Å². The van der Waals surface area contributed by atoms with Gasteiger partial charge < -0.3 is 10.4 Å². The summed E-state index contributed by atoms with van der Waals surface area (Å²) >= 11 is 0. The van der Waals surface area contributed by atoms with Gasteiger partial charge in [-0.3, -0.25) is 10.1 Å². The molecule has 2 aromatic rings. The fourth-order valence-corrected chi connectivity index (χ4v) is 2.13. The van der Waals surface area contributed by atoms with Crippen molar-refractivity contribution in [1.82, 2.24) is 4.98 Å². The van der Waals surface area contributed by atoms with Crippen molar-refractivity contribution in [3.05, 3.63) is 63.8 Å². The number of hydrogen-bond acceptors (Lipinski definition) is 5. The Balaban J connectivity index is 2.21. The second kappa shape index (κ2) is 6.81. The number of anilines is 1. The van der Waals surface area contributed by atoms with Crippen LogP contribution in [-0.2, 0) is 0 Å². The lowest BCUT2D eigenvalue weighted by Gasteiger charge is -2.19. The van der Waals surface area contributed by atoms with Gasteiger partial charge in [0.15, 0.2) is 0 Å². The number of rotatable bonds is 6. The molecule has 0 aliphatic carbocycles. The number of aliphatic hydroxyl groups is 1. The molecule has 0 amide bonds. The molecule has 1 atom stereocenters. The van der Waals surface area contributed by atoms with Crippen LogP contribution in [0.4, 0.5) is 11.5 Å². The highest BCUT2D eigenvalue weighted by atomic mass is 16.6. The molecule has 0 saturated carbocycles. The molecule has 2 rings (SSSR count). The summed E-state index contributed by atoms with van der Waals surface area (Å²) in [4.78, 5) is 14.4. The molecule has 0 aliphatic heterocycles. The Morgan fingerprint density at radius 2 is 2.10 bits per heavy atom. The summed E-state index contributed by atoms with van der Waals surface area (Å²) < 4.78 is 0. The number of nitro groups is 1. The van der Waals surface area contributed by atoms with E-state index in [1.165, 1.54) is 6.20 Å². The van der Waals surface area contributed by atoms with Crippen molar-refractivity contribution in [2.75, 3.05) is 11.9 Å². The van der Waals surface area contributed by atoms with Gasteiger partial charge in [0.1, 0.15) is 12.0 Å². The number of nitrogens with zero attached hydrogens (tertiary/aromatic N) is 2. The molecule has 21 heavy (non-hydrogen) atoms. The first kappa shape index (κ1) is 14.9. The maximum absolute atomic E-state index is 10.8. The summed E-state index contributed by atoms with van der Waals surface area (Å²) in [6, 6.07) is 11.3. The Bertz CT molecular complexity index is 617. The van der Waals surface area contributed by atoms with Crippen molar-refractivity contribution >= 4 is 11.5 Å². The average Bonchev–Trinajstić information content (AvgIpc) is 2.47. The Morgan fingerprint density at radius 3 is 2.67 bits per heavy atom. The van der Waals surface area contributed by atoms with E-state index >= 15 is 0 Å². The lowest BCUT2D eigenvalue weighted by atomic mass is 10.0. The van der Waals surface area contributed by atoms with Crippen LogP contribution in [0.3, 0.4) is 0 Å². The van der Waals surface area contributed by atoms with Crippen LogP contribution >= 0.6 is 0 Å². The lowest BCUT2D eigenvalue weighted by Crippen LogP contribution is -2.13. The van der Waals surface area contributed by atoms with Crippen LogP contribution in [0.25, 0.3) is 0 Å². The Hall–Kier alpha value is -2.47. The molecule has 110 valence electrons. The number of aryl methyl sites for hydroxylation is 1. The minimum absolute atomic E-state index is 0.000954. The SMILES string of the molecule is Cc1cc(N[C@@H](CCO)c2ccccc2)ncc1[N+](=O)[O-]. The molecular weight excluding hydrogens is 270 g/mol. The van der Waals surface area contributed by atoms with E-state index in [1.54, 1.807) is 13.0 Å². The molecule has 1 aromatic carbocycles. The third kappa shape index (κ3) is 3.76. The molecular formula is C15H17N3O3. The van der Waals surface area contributed by atoms with Crippen molar-refractivity contribution in [3.8, 4) is 0 Å². The van der Waals surface area contributed by atoms with Gasteiger partial charge in [-0.05, 0) is 25.0 Å². The summed E-state index contributed by atoms with van der Waals surface area (Å²) in [5.41, 5.74) is 1.58. The highest BCUT2D eigenvalue weighted by Crippen LogP contribution is 2.24. The Morgan fingerprint density at radius 1 is 1.38 bits per heavy atom. The summed E-state index contributed by atoms with van der Waals surface area (Å²) in [6.45, 7) is 1.72. The standard InChI is InChI=1S/C15H17N3O3/c1-11-9-15(16-10-14(11)18(20)21)17-13(7-8-19)12-5-3-2-4-6-12/h2-6,9-10,13,19H,7-8H2,1H3,(H,16,17)/t13-/m0/s1. The number of aromatic nitrogens is 1. The van der Waals surface area contributed by atoms with Crippen molar-refractivity contribution in [1.29, 1.82) is 0 Å². The maximum Gasteiger partial charge on any atom is 0.290 e. The van der Waals surface area contributed by atoms with Gasteiger partial charge in [0.2, 0.25) is 0 Å². The Labute approximate surface area is 122 Å². The van der Waals surface area contributed by atoms with E-state index in [0.717, 1.165) is 5.56 Å². The molecule has 0 fully saturated rings. The minimum atomic E-state index is -0.450. The second-order valence-corrected chi connectivity index (χ2v) is 4.73.